The molecule has 0 aromatic carbocycles. The van der Waals surface area contributed by atoms with E-state index in [2.05, 4.69) is 20.4 Å². The summed E-state index contributed by atoms with van der Waals surface area (Å²) in [5, 5.41) is 16.1. The third-order valence-corrected chi connectivity index (χ3v) is 2.35. The van der Waals surface area contributed by atoms with Crippen molar-refractivity contribution in [3.63, 3.8) is 0 Å². The van der Waals surface area contributed by atoms with Crippen molar-refractivity contribution in [2.45, 2.75) is 19.4 Å². The average molecular weight is 261 g/mol. The molecule has 0 radical (unpaired) electrons. The molecule has 7 nitrogen and oxygen atoms in total. The smallest absolute Gasteiger partial charge is 0.252 e. The number of amides is 1. The summed E-state index contributed by atoms with van der Waals surface area (Å²) in [6, 6.07) is 3.32. The van der Waals surface area contributed by atoms with Crippen molar-refractivity contribution in [2.24, 2.45) is 0 Å². The molecule has 0 atom stereocenters. The molecule has 0 bridgehead atoms. The maximum absolute atomic E-state index is 11.8. The van der Waals surface area contributed by atoms with Gasteiger partial charge in [0.1, 0.15) is 12.7 Å². The zero-order chi connectivity index (χ0) is 13.9. The van der Waals surface area contributed by atoms with Crippen LogP contribution in [0.25, 0.3) is 5.82 Å². The number of carbonyl (C=O) groups excluding carboxylic acids is 1. The molecule has 2 heterocycles. The molecule has 7 heteroatoms. The number of nitrogens with one attached hydrogen (secondary N) is 1. The molecule has 0 aliphatic rings. The lowest BCUT2D eigenvalue weighted by Crippen LogP contribution is -2.38. The highest BCUT2D eigenvalue weighted by molar-refractivity contribution is 5.93. The third-order valence-electron chi connectivity index (χ3n) is 2.35. The Labute approximate surface area is 110 Å². The maximum Gasteiger partial charge on any atom is 0.252 e. The second-order valence-corrected chi connectivity index (χ2v) is 4.74. The molecule has 2 rings (SSSR count). The molecule has 2 aromatic rings. The van der Waals surface area contributed by atoms with E-state index < -0.39 is 5.60 Å². The number of carbonyl (C=O) groups is 1. The highest BCUT2D eigenvalue weighted by Crippen LogP contribution is 2.05. The molecule has 2 N–H and O–H groups in total. The van der Waals surface area contributed by atoms with Gasteiger partial charge in [-0.05, 0) is 26.0 Å². The molecule has 0 fully saturated rings. The first-order chi connectivity index (χ1) is 8.96. The number of hydrogen-bond donors (Lipinski definition) is 2. The van der Waals surface area contributed by atoms with Gasteiger partial charge in [0.05, 0.1) is 11.2 Å². The Hall–Kier alpha value is -2.28. The second kappa shape index (κ2) is 5.15. The van der Waals surface area contributed by atoms with Crippen LogP contribution in [0.4, 0.5) is 0 Å². The monoisotopic (exact) mass is 261 g/mol. The predicted molar refractivity (Wildman–Crippen MR) is 67.8 cm³/mol. The molecule has 19 heavy (non-hydrogen) atoms. The number of nitrogens with zero attached hydrogens (tertiary/aromatic N) is 4. The minimum absolute atomic E-state index is 0.177. The summed E-state index contributed by atoms with van der Waals surface area (Å²) in [5.74, 6) is 0.302. The number of aromatic nitrogens is 4. The van der Waals surface area contributed by atoms with Crippen molar-refractivity contribution >= 4 is 5.91 Å². The normalized spacial score (nSPS) is 11.3. The Kier molecular flexibility index (Phi) is 3.57. The van der Waals surface area contributed by atoms with Crippen molar-refractivity contribution in [3.8, 4) is 5.82 Å². The van der Waals surface area contributed by atoms with E-state index in [1.165, 1.54) is 23.5 Å². The third kappa shape index (κ3) is 3.59. The van der Waals surface area contributed by atoms with Crippen LogP contribution in [0.1, 0.15) is 24.2 Å². The van der Waals surface area contributed by atoms with Gasteiger partial charge in [-0.1, -0.05) is 0 Å². The maximum atomic E-state index is 11.8. The highest BCUT2D eigenvalue weighted by Gasteiger charge is 2.15. The minimum Gasteiger partial charge on any atom is -0.389 e. The zero-order valence-corrected chi connectivity index (χ0v) is 10.7. The standard InChI is InChI=1S/C12H15N5O2/c1-12(2,19)6-15-11(18)9-3-4-10(14-5-9)17-8-13-7-16-17/h3-5,7-8,19H,6H2,1-2H3,(H,15,18). The second-order valence-electron chi connectivity index (χ2n) is 4.74. The van der Waals surface area contributed by atoms with Gasteiger partial charge in [0.25, 0.3) is 5.91 Å². The summed E-state index contributed by atoms with van der Waals surface area (Å²) >= 11 is 0. The van der Waals surface area contributed by atoms with E-state index in [9.17, 15) is 9.90 Å². The SMILES string of the molecule is CC(C)(O)CNC(=O)c1ccc(-n2cncn2)nc1. The molecule has 0 aliphatic heterocycles. The van der Waals surface area contributed by atoms with E-state index in [0.29, 0.717) is 11.4 Å². The van der Waals surface area contributed by atoms with E-state index >= 15 is 0 Å². The van der Waals surface area contributed by atoms with E-state index in [1.807, 2.05) is 0 Å². The first-order valence-electron chi connectivity index (χ1n) is 5.77. The molecule has 2 aromatic heterocycles. The van der Waals surface area contributed by atoms with Gasteiger partial charge in [-0.2, -0.15) is 5.10 Å². The fraction of sp³-hybridized carbons (Fsp3) is 0.333. The molecule has 1 amide bonds. The predicted octanol–water partition coefficient (Wildman–Crippen LogP) is 0.163. The van der Waals surface area contributed by atoms with E-state index in [4.69, 9.17) is 0 Å². The van der Waals surface area contributed by atoms with Gasteiger partial charge in [-0.15, -0.1) is 0 Å². The van der Waals surface area contributed by atoms with Gasteiger partial charge in [-0.25, -0.2) is 14.6 Å². The topological polar surface area (TPSA) is 92.9 Å². The fourth-order valence-corrected chi connectivity index (χ4v) is 1.38. The van der Waals surface area contributed by atoms with Crippen molar-refractivity contribution in [1.29, 1.82) is 0 Å². The molecule has 0 spiro atoms. The Morgan fingerprint density at radius 3 is 2.79 bits per heavy atom. The Balaban J connectivity index is 2.04. The van der Waals surface area contributed by atoms with Gasteiger partial charge in [0.2, 0.25) is 0 Å². The van der Waals surface area contributed by atoms with Crippen LogP contribution in [-0.4, -0.2) is 42.9 Å². The van der Waals surface area contributed by atoms with Gasteiger partial charge in [0.15, 0.2) is 5.82 Å². The summed E-state index contributed by atoms with van der Waals surface area (Å²) in [4.78, 5) is 19.7. The van der Waals surface area contributed by atoms with Crippen molar-refractivity contribution < 1.29 is 9.90 Å². The highest BCUT2D eigenvalue weighted by atomic mass is 16.3. The van der Waals surface area contributed by atoms with Gasteiger partial charge < -0.3 is 10.4 Å². The quantitative estimate of drug-likeness (QED) is 0.818. The van der Waals surface area contributed by atoms with Crippen LogP contribution in [0.5, 0.6) is 0 Å². The fourth-order valence-electron chi connectivity index (χ4n) is 1.38. The van der Waals surface area contributed by atoms with Crippen LogP contribution in [0.3, 0.4) is 0 Å². The van der Waals surface area contributed by atoms with Crippen LogP contribution in [0.2, 0.25) is 0 Å². The van der Waals surface area contributed by atoms with Crippen molar-refractivity contribution in [2.75, 3.05) is 6.54 Å². The van der Waals surface area contributed by atoms with Crippen LogP contribution in [0, 0.1) is 0 Å². The zero-order valence-electron chi connectivity index (χ0n) is 10.7. The van der Waals surface area contributed by atoms with Gasteiger partial charge >= 0.3 is 0 Å². The van der Waals surface area contributed by atoms with Crippen molar-refractivity contribution in [3.05, 3.63) is 36.5 Å². The lowest BCUT2D eigenvalue weighted by atomic mass is 10.1. The minimum atomic E-state index is -0.941. The first-order valence-corrected chi connectivity index (χ1v) is 5.77. The molecule has 0 saturated heterocycles. The largest absolute Gasteiger partial charge is 0.389 e. The van der Waals surface area contributed by atoms with Crippen LogP contribution in [-0.2, 0) is 0 Å². The molecular weight excluding hydrogens is 246 g/mol. The van der Waals surface area contributed by atoms with Gasteiger partial charge in [-0.3, -0.25) is 4.79 Å². The average Bonchev–Trinajstić information content (AvgIpc) is 2.89. The van der Waals surface area contributed by atoms with Crippen LogP contribution in [0.15, 0.2) is 31.0 Å². The molecule has 0 aliphatic carbocycles. The number of aliphatic hydroxyl groups is 1. The lowest BCUT2D eigenvalue weighted by Gasteiger charge is -2.17. The molecule has 100 valence electrons. The van der Waals surface area contributed by atoms with Crippen LogP contribution < -0.4 is 5.32 Å². The number of hydrogen-bond acceptors (Lipinski definition) is 5. The first kappa shape index (κ1) is 13.2. The lowest BCUT2D eigenvalue weighted by molar-refractivity contribution is 0.0694. The van der Waals surface area contributed by atoms with Crippen LogP contribution >= 0.6 is 0 Å². The van der Waals surface area contributed by atoms with E-state index in [-0.39, 0.29) is 12.5 Å². The summed E-state index contributed by atoms with van der Waals surface area (Å²) in [5.41, 5.74) is -0.517. The Morgan fingerprint density at radius 2 is 2.26 bits per heavy atom. The summed E-state index contributed by atoms with van der Waals surface area (Å²) in [6.45, 7) is 3.43. The molecule has 0 unspecified atom stereocenters. The Bertz CT molecular complexity index is 542. The molecule has 0 saturated carbocycles. The van der Waals surface area contributed by atoms with Crippen molar-refractivity contribution in [1.82, 2.24) is 25.1 Å². The molecular formula is C12H15N5O2. The van der Waals surface area contributed by atoms with Gasteiger partial charge in [0, 0.05) is 12.7 Å². The summed E-state index contributed by atoms with van der Waals surface area (Å²) < 4.78 is 1.50. The summed E-state index contributed by atoms with van der Waals surface area (Å²) in [7, 11) is 0. The summed E-state index contributed by atoms with van der Waals surface area (Å²) in [6.07, 6.45) is 4.39. The van der Waals surface area contributed by atoms with E-state index in [0.717, 1.165) is 0 Å². The number of pyridine rings is 1. The van der Waals surface area contributed by atoms with E-state index in [1.54, 1.807) is 26.0 Å². The Morgan fingerprint density at radius 1 is 1.47 bits per heavy atom. The number of rotatable bonds is 4.